The zero-order chi connectivity index (χ0) is 18.8. The van der Waals surface area contributed by atoms with Gasteiger partial charge in [-0.05, 0) is 50.6 Å². The molecule has 26 heavy (non-hydrogen) atoms. The molecule has 1 aromatic heterocycles. The molecule has 6 heteroatoms. The summed E-state index contributed by atoms with van der Waals surface area (Å²) in [7, 11) is 1.97. The minimum Gasteiger partial charge on any atom is -0.351 e. The van der Waals surface area contributed by atoms with Crippen molar-refractivity contribution in [3.05, 3.63) is 57.9 Å². The van der Waals surface area contributed by atoms with Crippen LogP contribution in [0.2, 0.25) is 5.02 Å². The van der Waals surface area contributed by atoms with Gasteiger partial charge in [0, 0.05) is 55.2 Å². The minimum atomic E-state index is -0.0114. The summed E-state index contributed by atoms with van der Waals surface area (Å²) in [6.07, 6.45) is 0.774. The van der Waals surface area contributed by atoms with Crippen molar-refractivity contribution in [3.8, 4) is 0 Å². The van der Waals surface area contributed by atoms with Gasteiger partial charge in [-0.15, -0.1) is 0 Å². The molecule has 1 fully saturated rings. The summed E-state index contributed by atoms with van der Waals surface area (Å²) in [4.78, 5) is 29.3. The van der Waals surface area contributed by atoms with E-state index < -0.39 is 0 Å². The lowest BCUT2D eigenvalue weighted by atomic mass is 10.2. The summed E-state index contributed by atoms with van der Waals surface area (Å²) in [5, 5.41) is 0.614. The third-order valence-electron chi connectivity index (χ3n) is 5.17. The molecule has 0 unspecified atom stereocenters. The summed E-state index contributed by atoms with van der Waals surface area (Å²) in [6, 6.07) is 8.88. The van der Waals surface area contributed by atoms with Gasteiger partial charge in [0.25, 0.3) is 11.8 Å². The van der Waals surface area contributed by atoms with Crippen LogP contribution in [0.3, 0.4) is 0 Å². The Hall–Kier alpha value is -2.27. The highest BCUT2D eigenvalue weighted by molar-refractivity contribution is 6.30. The Kier molecular flexibility index (Phi) is 5.37. The highest BCUT2D eigenvalue weighted by Crippen LogP contribution is 2.18. The third kappa shape index (κ3) is 3.63. The first-order valence-corrected chi connectivity index (χ1v) is 9.23. The van der Waals surface area contributed by atoms with Gasteiger partial charge in [0.2, 0.25) is 0 Å². The first-order valence-electron chi connectivity index (χ1n) is 8.85. The molecule has 0 bridgehead atoms. The third-order valence-corrected chi connectivity index (χ3v) is 5.42. The maximum absolute atomic E-state index is 12.9. The van der Waals surface area contributed by atoms with Crippen LogP contribution in [0.15, 0.2) is 30.3 Å². The van der Waals surface area contributed by atoms with Crippen molar-refractivity contribution in [2.24, 2.45) is 7.05 Å². The number of aryl methyl sites for hydroxylation is 1. The summed E-state index contributed by atoms with van der Waals surface area (Å²) >= 11 is 5.90. The van der Waals surface area contributed by atoms with Gasteiger partial charge in [-0.3, -0.25) is 9.59 Å². The van der Waals surface area contributed by atoms with Gasteiger partial charge < -0.3 is 14.4 Å². The number of carbonyl (C=O) groups excluding carboxylic acids is 2. The Morgan fingerprint density at radius 2 is 1.50 bits per heavy atom. The van der Waals surface area contributed by atoms with Crippen LogP contribution in [-0.2, 0) is 7.05 Å². The van der Waals surface area contributed by atoms with Crippen molar-refractivity contribution in [3.63, 3.8) is 0 Å². The molecule has 2 aromatic rings. The van der Waals surface area contributed by atoms with Gasteiger partial charge in [0.1, 0.15) is 0 Å². The Morgan fingerprint density at radius 1 is 0.923 bits per heavy atom. The molecular weight excluding hydrogens is 350 g/mol. The SMILES string of the molecule is Cc1cc(C(=O)N2CCCN(C(=O)c3ccc(Cl)cc3)CC2)c(C)n1C. The van der Waals surface area contributed by atoms with E-state index in [4.69, 9.17) is 11.6 Å². The Labute approximate surface area is 159 Å². The molecule has 138 valence electrons. The molecule has 0 aliphatic carbocycles. The topological polar surface area (TPSA) is 45.6 Å². The second-order valence-electron chi connectivity index (χ2n) is 6.79. The number of nitrogens with zero attached hydrogens (tertiary/aromatic N) is 3. The second kappa shape index (κ2) is 7.54. The van der Waals surface area contributed by atoms with Crippen molar-refractivity contribution in [1.82, 2.24) is 14.4 Å². The molecule has 5 nitrogen and oxygen atoms in total. The molecule has 3 rings (SSSR count). The second-order valence-corrected chi connectivity index (χ2v) is 7.23. The van der Waals surface area contributed by atoms with Crippen LogP contribution in [0.25, 0.3) is 0 Å². The van der Waals surface area contributed by atoms with Gasteiger partial charge in [0.05, 0.1) is 5.56 Å². The van der Waals surface area contributed by atoms with Crippen LogP contribution in [-0.4, -0.2) is 52.4 Å². The lowest BCUT2D eigenvalue weighted by molar-refractivity contribution is 0.0718. The van der Waals surface area contributed by atoms with E-state index in [1.54, 1.807) is 24.3 Å². The zero-order valence-corrected chi connectivity index (χ0v) is 16.2. The molecule has 1 aromatic carbocycles. The molecule has 0 spiro atoms. The van der Waals surface area contributed by atoms with Crippen LogP contribution < -0.4 is 0 Å². The van der Waals surface area contributed by atoms with Crippen molar-refractivity contribution in [2.75, 3.05) is 26.2 Å². The van der Waals surface area contributed by atoms with E-state index in [1.807, 2.05) is 41.3 Å². The smallest absolute Gasteiger partial charge is 0.255 e. The van der Waals surface area contributed by atoms with Crippen molar-refractivity contribution < 1.29 is 9.59 Å². The predicted molar refractivity (Wildman–Crippen MR) is 103 cm³/mol. The van der Waals surface area contributed by atoms with E-state index in [9.17, 15) is 9.59 Å². The summed E-state index contributed by atoms with van der Waals surface area (Å²) < 4.78 is 2.03. The van der Waals surface area contributed by atoms with Crippen LogP contribution in [0.4, 0.5) is 0 Å². The van der Waals surface area contributed by atoms with Crippen LogP contribution in [0.1, 0.15) is 38.5 Å². The zero-order valence-electron chi connectivity index (χ0n) is 15.5. The fraction of sp³-hybridized carbons (Fsp3) is 0.400. The highest BCUT2D eigenvalue weighted by Gasteiger charge is 2.25. The number of benzene rings is 1. The molecule has 0 N–H and O–H groups in total. The van der Waals surface area contributed by atoms with Crippen molar-refractivity contribution in [1.29, 1.82) is 0 Å². The molecule has 0 atom stereocenters. The molecule has 1 aliphatic rings. The maximum Gasteiger partial charge on any atom is 0.255 e. The van der Waals surface area contributed by atoms with Crippen molar-refractivity contribution in [2.45, 2.75) is 20.3 Å². The normalized spacial score (nSPS) is 15.1. The first kappa shape index (κ1) is 18.5. The maximum atomic E-state index is 12.9. The average molecular weight is 374 g/mol. The number of rotatable bonds is 2. The number of halogens is 1. The summed E-state index contributed by atoms with van der Waals surface area (Å²) in [6.45, 7) is 6.37. The number of hydrogen-bond donors (Lipinski definition) is 0. The lowest BCUT2D eigenvalue weighted by Crippen LogP contribution is -2.37. The Bertz CT molecular complexity index is 826. The van der Waals surface area contributed by atoms with E-state index in [1.165, 1.54) is 0 Å². The molecule has 1 aliphatic heterocycles. The number of carbonyl (C=O) groups is 2. The monoisotopic (exact) mass is 373 g/mol. The van der Waals surface area contributed by atoms with Gasteiger partial charge in [-0.2, -0.15) is 0 Å². The number of hydrogen-bond acceptors (Lipinski definition) is 2. The summed E-state index contributed by atoms with van der Waals surface area (Å²) in [5.41, 5.74) is 3.43. The summed E-state index contributed by atoms with van der Waals surface area (Å²) in [5.74, 6) is 0.0368. The number of aromatic nitrogens is 1. The van der Waals surface area contributed by atoms with Crippen molar-refractivity contribution >= 4 is 23.4 Å². The van der Waals surface area contributed by atoms with E-state index in [2.05, 4.69) is 0 Å². The average Bonchev–Trinajstić information content (AvgIpc) is 2.83. The molecule has 2 heterocycles. The van der Waals surface area contributed by atoms with Gasteiger partial charge in [-0.1, -0.05) is 11.6 Å². The lowest BCUT2D eigenvalue weighted by Gasteiger charge is -2.22. The molecule has 1 saturated heterocycles. The fourth-order valence-electron chi connectivity index (χ4n) is 3.34. The Balaban J connectivity index is 1.69. The van der Waals surface area contributed by atoms with E-state index in [0.717, 1.165) is 23.4 Å². The van der Waals surface area contributed by atoms with E-state index >= 15 is 0 Å². The van der Waals surface area contributed by atoms with Gasteiger partial charge >= 0.3 is 0 Å². The van der Waals surface area contributed by atoms with Crippen LogP contribution in [0, 0.1) is 13.8 Å². The molecule has 0 saturated carbocycles. The predicted octanol–water partition coefficient (Wildman–Crippen LogP) is 3.28. The van der Waals surface area contributed by atoms with Crippen LogP contribution in [0.5, 0.6) is 0 Å². The minimum absolute atomic E-state index is 0.0114. The molecule has 2 amide bonds. The Morgan fingerprint density at radius 3 is 2.04 bits per heavy atom. The standard InChI is InChI=1S/C20H24ClN3O2/c1-14-13-18(15(2)22(14)3)20(26)24-10-4-9-23(11-12-24)19(25)16-5-7-17(21)8-6-16/h5-8,13H,4,9-12H2,1-3H3. The molecule has 0 radical (unpaired) electrons. The largest absolute Gasteiger partial charge is 0.351 e. The van der Waals surface area contributed by atoms with E-state index in [0.29, 0.717) is 36.8 Å². The fourth-order valence-corrected chi connectivity index (χ4v) is 3.47. The quantitative estimate of drug-likeness (QED) is 0.810. The van der Waals surface area contributed by atoms with Crippen LogP contribution >= 0.6 is 11.6 Å². The first-order chi connectivity index (χ1) is 12.4. The van der Waals surface area contributed by atoms with E-state index in [-0.39, 0.29) is 11.8 Å². The van der Waals surface area contributed by atoms with Gasteiger partial charge in [0.15, 0.2) is 0 Å². The number of amides is 2. The van der Waals surface area contributed by atoms with Gasteiger partial charge in [-0.25, -0.2) is 0 Å². The molecular formula is C20H24ClN3O2. The highest BCUT2D eigenvalue weighted by atomic mass is 35.5.